The number of fused-ring (bicyclic) bond motifs is 1. The minimum absolute atomic E-state index is 0.153. The van der Waals surface area contributed by atoms with Gasteiger partial charge in [-0.15, -0.1) is 11.3 Å². The smallest absolute Gasteiger partial charge is 0.265 e. The van der Waals surface area contributed by atoms with Crippen LogP contribution in [-0.2, 0) is 0 Å². The number of nitrogens with one attached hydrogen (secondary N) is 1. The summed E-state index contributed by atoms with van der Waals surface area (Å²) in [6.07, 6.45) is -0.249. The summed E-state index contributed by atoms with van der Waals surface area (Å²) in [7, 11) is 1.73. The SMILES string of the molecule is CN(C[C@@H]1COc2ccccc2O1)C(=O)c1cccc(NC(=O)c2cccs2)c1. The van der Waals surface area contributed by atoms with Gasteiger partial charge in [0.05, 0.1) is 11.4 Å². The summed E-state index contributed by atoms with van der Waals surface area (Å²) in [4.78, 5) is 27.3. The second-order valence-corrected chi connectivity index (χ2v) is 7.64. The third-order valence-corrected chi connectivity index (χ3v) is 5.37. The Hall–Kier alpha value is -3.32. The van der Waals surface area contributed by atoms with Crippen LogP contribution in [0.1, 0.15) is 20.0 Å². The van der Waals surface area contributed by atoms with Gasteiger partial charge in [0.25, 0.3) is 11.8 Å². The first-order valence-electron chi connectivity index (χ1n) is 9.19. The Labute approximate surface area is 172 Å². The highest BCUT2D eigenvalue weighted by atomic mass is 32.1. The number of amides is 2. The van der Waals surface area contributed by atoms with Crippen LogP contribution < -0.4 is 14.8 Å². The van der Waals surface area contributed by atoms with Gasteiger partial charge in [-0.05, 0) is 41.8 Å². The third-order valence-electron chi connectivity index (χ3n) is 4.50. The molecule has 2 aromatic carbocycles. The fraction of sp³-hybridized carbons (Fsp3) is 0.182. The van der Waals surface area contributed by atoms with Gasteiger partial charge < -0.3 is 19.7 Å². The van der Waals surface area contributed by atoms with E-state index in [2.05, 4.69) is 5.32 Å². The minimum Gasteiger partial charge on any atom is -0.486 e. The molecule has 7 heteroatoms. The van der Waals surface area contributed by atoms with Gasteiger partial charge in [-0.25, -0.2) is 0 Å². The number of likely N-dealkylation sites (N-methyl/N-ethyl adjacent to an activating group) is 1. The zero-order valence-corrected chi connectivity index (χ0v) is 16.6. The number of nitrogens with zero attached hydrogens (tertiary/aromatic N) is 1. The molecule has 4 rings (SSSR count). The van der Waals surface area contributed by atoms with Crippen LogP contribution in [0.5, 0.6) is 11.5 Å². The average molecular weight is 408 g/mol. The highest BCUT2D eigenvalue weighted by molar-refractivity contribution is 7.12. The molecule has 29 heavy (non-hydrogen) atoms. The highest BCUT2D eigenvalue weighted by Crippen LogP contribution is 2.31. The summed E-state index contributed by atoms with van der Waals surface area (Å²) < 4.78 is 11.6. The number of rotatable bonds is 5. The number of benzene rings is 2. The van der Waals surface area contributed by atoms with Crippen molar-refractivity contribution >= 4 is 28.8 Å². The number of hydrogen-bond donors (Lipinski definition) is 1. The van der Waals surface area contributed by atoms with Gasteiger partial charge in [0.1, 0.15) is 6.61 Å². The molecule has 0 aliphatic carbocycles. The first kappa shape index (κ1) is 19.0. The van der Waals surface area contributed by atoms with E-state index < -0.39 is 0 Å². The summed E-state index contributed by atoms with van der Waals surface area (Å²) in [6.45, 7) is 0.768. The molecule has 0 saturated heterocycles. The van der Waals surface area contributed by atoms with E-state index in [1.165, 1.54) is 11.3 Å². The Balaban J connectivity index is 1.39. The molecule has 0 bridgehead atoms. The molecule has 0 fully saturated rings. The third kappa shape index (κ3) is 4.41. The monoisotopic (exact) mass is 408 g/mol. The maximum Gasteiger partial charge on any atom is 0.265 e. The van der Waals surface area contributed by atoms with E-state index in [1.54, 1.807) is 42.3 Å². The molecule has 2 heterocycles. The Bertz CT molecular complexity index is 1020. The normalized spacial score (nSPS) is 14.9. The Morgan fingerprint density at radius 3 is 2.72 bits per heavy atom. The molecule has 1 N–H and O–H groups in total. The van der Waals surface area contributed by atoms with Crippen molar-refractivity contribution in [3.63, 3.8) is 0 Å². The predicted octanol–water partition coefficient (Wildman–Crippen LogP) is 3.91. The average Bonchev–Trinajstić information content (AvgIpc) is 3.28. The topological polar surface area (TPSA) is 67.9 Å². The summed E-state index contributed by atoms with van der Waals surface area (Å²) >= 11 is 1.37. The number of para-hydroxylation sites is 2. The number of ether oxygens (including phenoxy) is 2. The van der Waals surface area contributed by atoms with E-state index >= 15 is 0 Å². The molecule has 0 spiro atoms. The van der Waals surface area contributed by atoms with Crippen LogP contribution in [0.25, 0.3) is 0 Å². The van der Waals surface area contributed by atoms with Gasteiger partial charge in [-0.3, -0.25) is 9.59 Å². The second kappa shape index (κ2) is 8.36. The zero-order chi connectivity index (χ0) is 20.2. The lowest BCUT2D eigenvalue weighted by atomic mass is 10.1. The molecule has 0 saturated carbocycles. The van der Waals surface area contributed by atoms with Crippen molar-refractivity contribution in [1.82, 2.24) is 4.90 Å². The van der Waals surface area contributed by atoms with E-state index in [-0.39, 0.29) is 17.9 Å². The second-order valence-electron chi connectivity index (χ2n) is 6.70. The number of carbonyl (C=O) groups is 2. The lowest BCUT2D eigenvalue weighted by Gasteiger charge is -2.29. The van der Waals surface area contributed by atoms with Gasteiger partial charge in [-0.2, -0.15) is 0 Å². The molecular weight excluding hydrogens is 388 g/mol. The number of carbonyl (C=O) groups excluding carboxylic acids is 2. The number of thiophene rings is 1. The van der Waals surface area contributed by atoms with Gasteiger partial charge in [-0.1, -0.05) is 24.3 Å². The minimum atomic E-state index is -0.249. The van der Waals surface area contributed by atoms with Crippen LogP contribution in [0, 0.1) is 0 Å². The summed E-state index contributed by atoms with van der Waals surface area (Å²) in [5, 5.41) is 4.67. The molecule has 3 aromatic rings. The molecular formula is C22H20N2O4S. The largest absolute Gasteiger partial charge is 0.486 e. The zero-order valence-electron chi connectivity index (χ0n) is 15.8. The lowest BCUT2D eigenvalue weighted by Crippen LogP contribution is -2.41. The van der Waals surface area contributed by atoms with E-state index in [0.29, 0.717) is 40.8 Å². The van der Waals surface area contributed by atoms with Crippen molar-refractivity contribution in [2.45, 2.75) is 6.10 Å². The van der Waals surface area contributed by atoms with Gasteiger partial charge in [0.2, 0.25) is 0 Å². The fourth-order valence-electron chi connectivity index (χ4n) is 3.09. The lowest BCUT2D eigenvalue weighted by molar-refractivity contribution is 0.0521. The highest BCUT2D eigenvalue weighted by Gasteiger charge is 2.24. The molecule has 0 radical (unpaired) electrons. The molecule has 2 amide bonds. The van der Waals surface area contributed by atoms with Gasteiger partial charge in [0, 0.05) is 18.3 Å². The predicted molar refractivity (Wildman–Crippen MR) is 112 cm³/mol. The van der Waals surface area contributed by atoms with Crippen molar-refractivity contribution in [2.75, 3.05) is 25.5 Å². The molecule has 148 valence electrons. The Morgan fingerprint density at radius 2 is 1.93 bits per heavy atom. The van der Waals surface area contributed by atoms with E-state index in [0.717, 1.165) is 0 Å². The summed E-state index contributed by atoms with van der Waals surface area (Å²) in [5.74, 6) is 1.05. The van der Waals surface area contributed by atoms with Crippen LogP contribution in [0.15, 0.2) is 66.0 Å². The maximum atomic E-state index is 12.8. The van der Waals surface area contributed by atoms with Gasteiger partial charge >= 0.3 is 0 Å². The standard InChI is InChI=1S/C22H20N2O4S/c1-24(13-17-14-27-18-8-2-3-9-19(18)28-17)22(26)15-6-4-7-16(12-15)23-21(25)20-10-5-11-29-20/h2-12,17H,13-14H2,1H3,(H,23,25)/t17-/m1/s1. The van der Waals surface area contributed by atoms with E-state index in [4.69, 9.17) is 9.47 Å². The number of anilines is 1. The van der Waals surface area contributed by atoms with E-state index in [9.17, 15) is 9.59 Å². The number of hydrogen-bond acceptors (Lipinski definition) is 5. The summed E-state index contributed by atoms with van der Waals surface area (Å²) in [5.41, 5.74) is 1.07. The molecule has 0 unspecified atom stereocenters. The first-order chi connectivity index (χ1) is 14.1. The van der Waals surface area contributed by atoms with Crippen LogP contribution >= 0.6 is 11.3 Å². The summed E-state index contributed by atoms with van der Waals surface area (Å²) in [6, 6.07) is 18.0. The van der Waals surface area contributed by atoms with Crippen LogP contribution in [0.4, 0.5) is 5.69 Å². The molecule has 1 aromatic heterocycles. The molecule has 1 atom stereocenters. The van der Waals surface area contributed by atoms with Crippen molar-refractivity contribution in [3.8, 4) is 11.5 Å². The van der Waals surface area contributed by atoms with Crippen molar-refractivity contribution in [2.24, 2.45) is 0 Å². The van der Waals surface area contributed by atoms with E-state index in [1.807, 2.05) is 35.7 Å². The van der Waals surface area contributed by atoms with Crippen molar-refractivity contribution < 1.29 is 19.1 Å². The van der Waals surface area contributed by atoms with Crippen LogP contribution in [-0.4, -0.2) is 43.0 Å². The Kier molecular flexibility index (Phi) is 5.48. The Morgan fingerprint density at radius 1 is 1.10 bits per heavy atom. The molecule has 1 aliphatic rings. The van der Waals surface area contributed by atoms with Crippen LogP contribution in [0.3, 0.4) is 0 Å². The molecule has 6 nitrogen and oxygen atoms in total. The maximum absolute atomic E-state index is 12.8. The first-order valence-corrected chi connectivity index (χ1v) is 10.1. The quantitative estimate of drug-likeness (QED) is 0.695. The van der Waals surface area contributed by atoms with Crippen LogP contribution in [0.2, 0.25) is 0 Å². The van der Waals surface area contributed by atoms with Crippen molar-refractivity contribution in [1.29, 1.82) is 0 Å². The molecule has 1 aliphatic heterocycles. The fourth-order valence-corrected chi connectivity index (χ4v) is 3.71. The van der Waals surface area contributed by atoms with Gasteiger partial charge in [0.15, 0.2) is 17.6 Å². The van der Waals surface area contributed by atoms with Crippen molar-refractivity contribution in [3.05, 3.63) is 76.5 Å².